The van der Waals surface area contributed by atoms with Gasteiger partial charge in [-0.1, -0.05) is 19.3 Å². The van der Waals surface area contributed by atoms with Crippen molar-refractivity contribution in [2.24, 2.45) is 11.3 Å². The highest BCUT2D eigenvalue weighted by Gasteiger charge is 2.54. The molecule has 1 aliphatic heterocycles. The SMILES string of the molecule is CC(C)(C)OC(=O)N1CC2(CC(NCC3CCCCC3)C2)C1. The van der Waals surface area contributed by atoms with Gasteiger partial charge in [0.1, 0.15) is 5.60 Å². The van der Waals surface area contributed by atoms with Crippen molar-refractivity contribution in [3.63, 3.8) is 0 Å². The summed E-state index contributed by atoms with van der Waals surface area (Å²) in [5.74, 6) is 0.907. The zero-order valence-electron chi connectivity index (χ0n) is 14.5. The number of nitrogens with one attached hydrogen (secondary N) is 1. The Labute approximate surface area is 135 Å². The Hall–Kier alpha value is -0.770. The molecule has 1 heterocycles. The molecular formula is C18H32N2O2. The lowest BCUT2D eigenvalue weighted by Gasteiger charge is -2.59. The fourth-order valence-electron chi connectivity index (χ4n) is 4.33. The number of amides is 1. The molecule has 1 N–H and O–H groups in total. The molecule has 0 aromatic rings. The third-order valence-corrected chi connectivity index (χ3v) is 5.48. The first-order valence-electron chi connectivity index (χ1n) is 9.07. The van der Waals surface area contributed by atoms with Crippen LogP contribution in [0.25, 0.3) is 0 Å². The molecule has 0 atom stereocenters. The minimum absolute atomic E-state index is 0.142. The first-order valence-corrected chi connectivity index (χ1v) is 9.07. The predicted molar refractivity (Wildman–Crippen MR) is 87.8 cm³/mol. The van der Waals surface area contributed by atoms with Gasteiger partial charge in [-0.3, -0.25) is 0 Å². The second-order valence-electron chi connectivity index (χ2n) is 8.85. The van der Waals surface area contributed by atoms with Crippen molar-refractivity contribution >= 4 is 6.09 Å². The van der Waals surface area contributed by atoms with E-state index in [9.17, 15) is 4.79 Å². The van der Waals surface area contributed by atoms with Crippen LogP contribution in [-0.4, -0.2) is 42.3 Å². The van der Waals surface area contributed by atoms with Crippen LogP contribution in [0.4, 0.5) is 4.79 Å². The smallest absolute Gasteiger partial charge is 0.410 e. The van der Waals surface area contributed by atoms with E-state index >= 15 is 0 Å². The fourth-order valence-corrected chi connectivity index (χ4v) is 4.33. The Bertz CT molecular complexity index is 396. The number of carbonyl (C=O) groups is 1. The Kier molecular flexibility index (Phi) is 4.41. The molecule has 2 aliphatic carbocycles. The lowest BCUT2D eigenvalue weighted by atomic mass is 9.60. The zero-order valence-corrected chi connectivity index (χ0v) is 14.5. The first kappa shape index (κ1) is 16.1. The maximum atomic E-state index is 12.0. The van der Waals surface area contributed by atoms with Crippen molar-refractivity contribution < 1.29 is 9.53 Å². The minimum Gasteiger partial charge on any atom is -0.444 e. The Morgan fingerprint density at radius 3 is 2.41 bits per heavy atom. The number of nitrogens with zero attached hydrogens (tertiary/aromatic N) is 1. The van der Waals surface area contributed by atoms with E-state index in [-0.39, 0.29) is 11.7 Å². The number of likely N-dealkylation sites (tertiary alicyclic amines) is 1. The molecule has 0 aromatic heterocycles. The fraction of sp³-hybridized carbons (Fsp3) is 0.944. The van der Waals surface area contributed by atoms with Crippen molar-refractivity contribution in [3.05, 3.63) is 0 Å². The van der Waals surface area contributed by atoms with Gasteiger partial charge in [0, 0.05) is 24.5 Å². The van der Waals surface area contributed by atoms with E-state index in [1.165, 1.54) is 51.5 Å². The van der Waals surface area contributed by atoms with E-state index in [1.807, 2.05) is 25.7 Å². The van der Waals surface area contributed by atoms with Crippen LogP contribution in [0.3, 0.4) is 0 Å². The van der Waals surface area contributed by atoms with Crippen LogP contribution in [0.2, 0.25) is 0 Å². The predicted octanol–water partition coefficient (Wildman–Crippen LogP) is 3.56. The highest BCUT2D eigenvalue weighted by atomic mass is 16.6. The normalized spacial score (nSPS) is 25.7. The lowest BCUT2D eigenvalue weighted by molar-refractivity contribution is -0.0832. The molecule has 1 saturated heterocycles. The molecule has 3 rings (SSSR count). The van der Waals surface area contributed by atoms with Gasteiger partial charge in [0.25, 0.3) is 0 Å². The maximum Gasteiger partial charge on any atom is 0.410 e. The molecule has 1 amide bonds. The van der Waals surface area contributed by atoms with Crippen molar-refractivity contribution in [3.8, 4) is 0 Å². The van der Waals surface area contributed by atoms with E-state index < -0.39 is 0 Å². The van der Waals surface area contributed by atoms with E-state index in [4.69, 9.17) is 4.74 Å². The van der Waals surface area contributed by atoms with Crippen LogP contribution in [0.15, 0.2) is 0 Å². The van der Waals surface area contributed by atoms with Gasteiger partial charge in [-0.05, 0) is 58.9 Å². The van der Waals surface area contributed by atoms with Crippen molar-refractivity contribution in [2.75, 3.05) is 19.6 Å². The minimum atomic E-state index is -0.385. The number of hydrogen-bond donors (Lipinski definition) is 1. The summed E-state index contributed by atoms with van der Waals surface area (Å²) in [6, 6.07) is 0.683. The van der Waals surface area contributed by atoms with E-state index in [0.717, 1.165) is 19.0 Å². The number of ether oxygens (including phenoxy) is 1. The third-order valence-electron chi connectivity index (χ3n) is 5.48. The van der Waals surface area contributed by atoms with Gasteiger partial charge in [-0.2, -0.15) is 0 Å². The summed E-state index contributed by atoms with van der Waals surface area (Å²) in [6.07, 6.45) is 9.44. The second kappa shape index (κ2) is 6.03. The van der Waals surface area contributed by atoms with Gasteiger partial charge >= 0.3 is 6.09 Å². The van der Waals surface area contributed by atoms with E-state index in [0.29, 0.717) is 11.5 Å². The average molecular weight is 308 g/mol. The molecule has 4 heteroatoms. The van der Waals surface area contributed by atoms with Crippen LogP contribution < -0.4 is 5.32 Å². The van der Waals surface area contributed by atoms with Gasteiger partial charge in [0.15, 0.2) is 0 Å². The molecule has 3 aliphatic rings. The molecule has 1 spiro atoms. The number of rotatable bonds is 3. The van der Waals surface area contributed by atoms with Crippen LogP contribution in [-0.2, 0) is 4.74 Å². The first-order chi connectivity index (χ1) is 10.4. The summed E-state index contributed by atoms with van der Waals surface area (Å²) < 4.78 is 5.43. The molecule has 2 saturated carbocycles. The Balaban J connectivity index is 1.32. The van der Waals surface area contributed by atoms with Crippen LogP contribution >= 0.6 is 0 Å². The number of hydrogen-bond acceptors (Lipinski definition) is 3. The molecule has 0 radical (unpaired) electrons. The monoisotopic (exact) mass is 308 g/mol. The van der Waals surface area contributed by atoms with Gasteiger partial charge in [-0.15, -0.1) is 0 Å². The Morgan fingerprint density at radius 2 is 1.82 bits per heavy atom. The van der Waals surface area contributed by atoms with Gasteiger partial charge < -0.3 is 15.0 Å². The van der Waals surface area contributed by atoms with E-state index in [1.54, 1.807) is 0 Å². The van der Waals surface area contributed by atoms with Crippen LogP contribution in [0.1, 0.15) is 65.7 Å². The quantitative estimate of drug-likeness (QED) is 0.867. The largest absolute Gasteiger partial charge is 0.444 e. The van der Waals surface area contributed by atoms with Gasteiger partial charge in [-0.25, -0.2) is 4.79 Å². The molecule has 0 aromatic carbocycles. The van der Waals surface area contributed by atoms with Crippen LogP contribution in [0.5, 0.6) is 0 Å². The topological polar surface area (TPSA) is 41.6 Å². The molecule has 22 heavy (non-hydrogen) atoms. The summed E-state index contributed by atoms with van der Waals surface area (Å²) in [6.45, 7) is 8.77. The zero-order chi connectivity index (χ0) is 15.8. The lowest BCUT2D eigenvalue weighted by Crippen LogP contribution is -2.67. The van der Waals surface area contributed by atoms with Crippen molar-refractivity contribution in [1.82, 2.24) is 10.2 Å². The van der Waals surface area contributed by atoms with Crippen molar-refractivity contribution in [2.45, 2.75) is 77.4 Å². The molecular weight excluding hydrogens is 276 g/mol. The average Bonchev–Trinajstić information content (AvgIpc) is 2.34. The van der Waals surface area contributed by atoms with E-state index in [2.05, 4.69) is 5.32 Å². The number of carbonyl (C=O) groups excluding carboxylic acids is 1. The summed E-state index contributed by atoms with van der Waals surface area (Å²) in [5.41, 5.74) is 0.0185. The Morgan fingerprint density at radius 1 is 1.18 bits per heavy atom. The summed E-state index contributed by atoms with van der Waals surface area (Å²) in [7, 11) is 0. The molecule has 0 bridgehead atoms. The highest BCUT2D eigenvalue weighted by molar-refractivity contribution is 5.69. The molecule has 3 fully saturated rings. The summed E-state index contributed by atoms with van der Waals surface area (Å²) >= 11 is 0. The summed E-state index contributed by atoms with van der Waals surface area (Å²) in [4.78, 5) is 13.8. The maximum absolute atomic E-state index is 12.0. The van der Waals surface area contributed by atoms with Crippen molar-refractivity contribution in [1.29, 1.82) is 0 Å². The molecule has 0 unspecified atom stereocenters. The highest BCUT2D eigenvalue weighted by Crippen LogP contribution is 2.48. The second-order valence-corrected chi connectivity index (χ2v) is 8.85. The third kappa shape index (κ3) is 3.76. The van der Waals surface area contributed by atoms with Crippen LogP contribution in [0, 0.1) is 11.3 Å². The van der Waals surface area contributed by atoms with Gasteiger partial charge in [0.2, 0.25) is 0 Å². The molecule has 4 nitrogen and oxygen atoms in total. The summed E-state index contributed by atoms with van der Waals surface area (Å²) in [5, 5.41) is 3.76. The standard InChI is InChI=1S/C18H32N2O2/c1-17(2,3)22-16(21)20-12-18(13-20)9-15(10-18)19-11-14-7-5-4-6-8-14/h14-15,19H,4-13H2,1-3H3. The van der Waals surface area contributed by atoms with Gasteiger partial charge in [0.05, 0.1) is 0 Å². The molecule has 126 valence electrons.